The molecule has 0 atom stereocenters. The largest absolute Gasteiger partial charge is 0.441 e. The second kappa shape index (κ2) is 8.40. The molecule has 4 nitrogen and oxygen atoms in total. The average Bonchev–Trinajstić information content (AvgIpc) is 3.11. The number of nitrogens with one attached hydrogen (secondary N) is 1. The Morgan fingerprint density at radius 1 is 1.19 bits per heavy atom. The van der Waals surface area contributed by atoms with Crippen LogP contribution in [-0.4, -0.2) is 10.9 Å². The van der Waals surface area contributed by atoms with Gasteiger partial charge in [-0.1, -0.05) is 43.6 Å². The summed E-state index contributed by atoms with van der Waals surface area (Å²) in [7, 11) is 0. The molecule has 0 aliphatic rings. The first-order valence-corrected chi connectivity index (χ1v) is 9.42. The zero-order valence-electron chi connectivity index (χ0n) is 15.8. The minimum atomic E-state index is -0.0440. The van der Waals surface area contributed by atoms with Gasteiger partial charge in [0.1, 0.15) is 0 Å². The van der Waals surface area contributed by atoms with E-state index in [-0.39, 0.29) is 5.91 Å². The minimum absolute atomic E-state index is 0.0440. The fourth-order valence-electron chi connectivity index (χ4n) is 2.94. The fraction of sp³-hybridized carbons (Fsp3) is 0.273. The van der Waals surface area contributed by atoms with Gasteiger partial charge in [0.05, 0.1) is 6.20 Å². The van der Waals surface area contributed by atoms with E-state index in [0.717, 1.165) is 22.4 Å². The van der Waals surface area contributed by atoms with Crippen LogP contribution in [0, 0.1) is 6.92 Å². The lowest BCUT2D eigenvalue weighted by atomic mass is 9.98. The van der Waals surface area contributed by atoms with E-state index in [4.69, 9.17) is 16.0 Å². The van der Waals surface area contributed by atoms with Crippen LogP contribution in [0.25, 0.3) is 11.3 Å². The first kappa shape index (κ1) is 19.2. The van der Waals surface area contributed by atoms with Gasteiger partial charge >= 0.3 is 0 Å². The van der Waals surface area contributed by atoms with E-state index in [1.807, 2.05) is 31.2 Å². The van der Waals surface area contributed by atoms with E-state index < -0.39 is 0 Å². The molecule has 1 heterocycles. The molecule has 0 aliphatic heterocycles. The van der Waals surface area contributed by atoms with Crippen molar-refractivity contribution in [2.75, 3.05) is 5.32 Å². The number of anilines is 1. The number of halogens is 1. The molecule has 0 fully saturated rings. The Labute approximate surface area is 164 Å². The number of nitrogens with zero attached hydrogens (tertiary/aromatic N) is 1. The van der Waals surface area contributed by atoms with E-state index in [1.54, 1.807) is 18.3 Å². The monoisotopic (exact) mass is 382 g/mol. The summed E-state index contributed by atoms with van der Waals surface area (Å²) in [4.78, 5) is 16.7. The normalized spacial score (nSPS) is 11.0. The summed E-state index contributed by atoms with van der Waals surface area (Å²) in [5.74, 6) is 1.51. The second-order valence-electron chi connectivity index (χ2n) is 6.87. The van der Waals surface area contributed by atoms with Crippen LogP contribution in [0.2, 0.25) is 5.02 Å². The highest BCUT2D eigenvalue weighted by Gasteiger charge is 2.13. The van der Waals surface area contributed by atoms with Crippen molar-refractivity contribution in [1.82, 2.24) is 4.98 Å². The van der Waals surface area contributed by atoms with Gasteiger partial charge in [-0.2, -0.15) is 0 Å². The minimum Gasteiger partial charge on any atom is -0.441 e. The molecule has 1 aromatic heterocycles. The predicted molar refractivity (Wildman–Crippen MR) is 109 cm³/mol. The molecule has 3 aromatic rings. The summed E-state index contributed by atoms with van der Waals surface area (Å²) in [6.07, 6.45) is 2.43. The van der Waals surface area contributed by atoms with Crippen LogP contribution in [0.5, 0.6) is 0 Å². The number of oxazole rings is 1. The molecule has 0 spiro atoms. The van der Waals surface area contributed by atoms with Crippen molar-refractivity contribution in [2.24, 2.45) is 0 Å². The van der Waals surface area contributed by atoms with E-state index in [0.29, 0.717) is 35.4 Å². The Morgan fingerprint density at radius 2 is 1.93 bits per heavy atom. The van der Waals surface area contributed by atoms with Crippen molar-refractivity contribution in [1.29, 1.82) is 0 Å². The summed E-state index contributed by atoms with van der Waals surface area (Å²) in [5, 5.41) is 3.73. The van der Waals surface area contributed by atoms with E-state index in [2.05, 4.69) is 30.2 Å². The number of aryl methyl sites for hydroxylation is 2. The topological polar surface area (TPSA) is 55.1 Å². The van der Waals surface area contributed by atoms with Crippen LogP contribution in [0.4, 0.5) is 5.69 Å². The number of hydrogen-bond donors (Lipinski definition) is 1. The van der Waals surface area contributed by atoms with Crippen molar-refractivity contribution < 1.29 is 9.21 Å². The molecule has 0 radical (unpaired) electrons. The molecule has 2 aromatic carbocycles. The zero-order chi connectivity index (χ0) is 19.4. The number of carbonyl (C=O) groups excluding carboxylic acids is 1. The number of amides is 1. The molecule has 0 bridgehead atoms. The number of rotatable bonds is 6. The summed E-state index contributed by atoms with van der Waals surface area (Å²) in [6.45, 7) is 6.25. The van der Waals surface area contributed by atoms with Gasteiger partial charge in [0.2, 0.25) is 5.91 Å². The number of aromatic nitrogens is 1. The number of para-hydroxylation sites is 1. The summed E-state index contributed by atoms with van der Waals surface area (Å²) in [6, 6.07) is 13.5. The van der Waals surface area contributed by atoms with E-state index in [1.165, 1.54) is 0 Å². The lowest BCUT2D eigenvalue weighted by Gasteiger charge is -2.16. The summed E-state index contributed by atoms with van der Waals surface area (Å²) >= 11 is 5.91. The second-order valence-corrected chi connectivity index (χ2v) is 7.30. The van der Waals surface area contributed by atoms with Gasteiger partial charge in [0, 0.05) is 29.1 Å². The number of benzene rings is 2. The van der Waals surface area contributed by atoms with Crippen LogP contribution in [0.15, 0.2) is 53.1 Å². The van der Waals surface area contributed by atoms with Gasteiger partial charge in [-0.15, -0.1) is 0 Å². The van der Waals surface area contributed by atoms with Crippen LogP contribution in [-0.2, 0) is 11.2 Å². The van der Waals surface area contributed by atoms with Gasteiger partial charge in [-0.25, -0.2) is 4.98 Å². The Hall–Kier alpha value is -2.59. The van der Waals surface area contributed by atoms with E-state index in [9.17, 15) is 4.79 Å². The SMILES string of the molecule is Cc1cccc(C(C)C)c1NC(=O)CCc1ncc(-c2ccc(Cl)cc2)o1. The molecule has 140 valence electrons. The molecule has 1 amide bonds. The van der Waals surface area contributed by atoms with Gasteiger partial charge < -0.3 is 9.73 Å². The van der Waals surface area contributed by atoms with Crippen molar-refractivity contribution >= 4 is 23.2 Å². The Kier molecular flexibility index (Phi) is 5.97. The van der Waals surface area contributed by atoms with E-state index >= 15 is 0 Å². The molecule has 1 N–H and O–H groups in total. The Morgan fingerprint density at radius 3 is 2.63 bits per heavy atom. The molecule has 0 aliphatic carbocycles. The number of carbonyl (C=O) groups is 1. The Balaban J connectivity index is 1.63. The predicted octanol–water partition coefficient (Wildman–Crippen LogP) is 6.00. The molecule has 5 heteroatoms. The third kappa shape index (κ3) is 4.77. The summed E-state index contributed by atoms with van der Waals surface area (Å²) < 4.78 is 5.76. The van der Waals surface area contributed by atoms with Crippen LogP contribution >= 0.6 is 11.6 Å². The molecular weight excluding hydrogens is 360 g/mol. The first-order valence-electron chi connectivity index (χ1n) is 9.04. The molecule has 0 saturated carbocycles. The van der Waals surface area contributed by atoms with Gasteiger partial charge in [0.25, 0.3) is 0 Å². The molecule has 3 rings (SSSR count). The molecule has 0 saturated heterocycles. The zero-order valence-corrected chi connectivity index (χ0v) is 16.5. The first-order chi connectivity index (χ1) is 12.9. The smallest absolute Gasteiger partial charge is 0.224 e. The number of hydrogen-bond acceptors (Lipinski definition) is 3. The highest BCUT2D eigenvalue weighted by Crippen LogP contribution is 2.28. The molecule has 0 unspecified atom stereocenters. The lowest BCUT2D eigenvalue weighted by Crippen LogP contribution is -2.15. The van der Waals surface area contributed by atoms with Crippen molar-refractivity contribution in [3.63, 3.8) is 0 Å². The fourth-order valence-corrected chi connectivity index (χ4v) is 3.06. The quantitative estimate of drug-likeness (QED) is 0.569. The molecular formula is C22H23ClN2O2. The Bertz CT molecular complexity index is 930. The maximum absolute atomic E-state index is 12.4. The third-order valence-electron chi connectivity index (χ3n) is 4.44. The van der Waals surface area contributed by atoms with Gasteiger partial charge in [0.15, 0.2) is 11.7 Å². The van der Waals surface area contributed by atoms with Gasteiger partial charge in [-0.3, -0.25) is 4.79 Å². The lowest BCUT2D eigenvalue weighted by molar-refractivity contribution is -0.116. The van der Waals surface area contributed by atoms with Crippen molar-refractivity contribution in [2.45, 2.75) is 39.5 Å². The maximum Gasteiger partial charge on any atom is 0.224 e. The third-order valence-corrected chi connectivity index (χ3v) is 4.69. The van der Waals surface area contributed by atoms with Crippen LogP contribution in [0.3, 0.4) is 0 Å². The van der Waals surface area contributed by atoms with Crippen LogP contribution in [0.1, 0.15) is 43.2 Å². The van der Waals surface area contributed by atoms with Crippen molar-refractivity contribution in [3.8, 4) is 11.3 Å². The summed E-state index contributed by atoms with van der Waals surface area (Å²) in [5.41, 5.74) is 4.02. The maximum atomic E-state index is 12.4. The highest BCUT2D eigenvalue weighted by molar-refractivity contribution is 6.30. The van der Waals surface area contributed by atoms with Gasteiger partial charge in [-0.05, 0) is 48.2 Å². The molecule has 27 heavy (non-hydrogen) atoms. The van der Waals surface area contributed by atoms with Crippen LogP contribution < -0.4 is 5.32 Å². The van der Waals surface area contributed by atoms with Crippen molar-refractivity contribution in [3.05, 3.63) is 70.7 Å². The standard InChI is InChI=1S/C22H23ClN2O2/c1-14(2)18-6-4-5-15(3)22(18)25-20(26)11-12-21-24-13-19(27-21)16-7-9-17(23)10-8-16/h4-10,13-14H,11-12H2,1-3H3,(H,25,26). The average molecular weight is 383 g/mol. The highest BCUT2D eigenvalue weighted by atomic mass is 35.5.